The van der Waals surface area contributed by atoms with Crippen LogP contribution >= 0.6 is 0 Å². The van der Waals surface area contributed by atoms with Crippen LogP contribution in [0.5, 0.6) is 0 Å². The van der Waals surface area contributed by atoms with E-state index in [-0.39, 0.29) is 16.6 Å². The van der Waals surface area contributed by atoms with Gasteiger partial charge in [0.15, 0.2) is 5.69 Å². The molecule has 1 saturated carbocycles. The molecule has 6 nitrogen and oxygen atoms in total. The summed E-state index contributed by atoms with van der Waals surface area (Å²) in [5.41, 5.74) is 0.374. The van der Waals surface area contributed by atoms with Crippen molar-refractivity contribution in [2.24, 2.45) is 0 Å². The van der Waals surface area contributed by atoms with Crippen LogP contribution in [0.15, 0.2) is 12.3 Å². The second-order valence-corrected chi connectivity index (χ2v) is 5.25. The highest BCUT2D eigenvalue weighted by atomic mass is 32.2. The Hall–Kier alpha value is -1.68. The first kappa shape index (κ1) is 9.86. The van der Waals surface area contributed by atoms with Gasteiger partial charge >= 0.3 is 0 Å². The van der Waals surface area contributed by atoms with Crippen LogP contribution in [-0.2, 0) is 10.0 Å². The Morgan fingerprint density at radius 1 is 1.53 bits per heavy atom. The summed E-state index contributed by atoms with van der Waals surface area (Å²) in [6, 6.07) is 3.14. The van der Waals surface area contributed by atoms with Crippen molar-refractivity contribution in [3.63, 3.8) is 0 Å². The van der Waals surface area contributed by atoms with Crippen LogP contribution in [0.25, 0.3) is 0 Å². The van der Waals surface area contributed by atoms with Crippen LogP contribution in [0, 0.1) is 11.3 Å². The first-order valence-electron chi connectivity index (χ1n) is 4.36. The van der Waals surface area contributed by atoms with Crippen molar-refractivity contribution in [3.05, 3.63) is 18.0 Å². The van der Waals surface area contributed by atoms with Gasteiger partial charge in [-0.25, -0.2) is 8.42 Å². The van der Waals surface area contributed by atoms with Gasteiger partial charge in [-0.3, -0.25) is 4.72 Å². The minimum Gasteiger partial charge on any atom is -0.282 e. The molecule has 0 bridgehead atoms. The van der Waals surface area contributed by atoms with Crippen LogP contribution < -0.4 is 4.72 Å². The van der Waals surface area contributed by atoms with Gasteiger partial charge in [-0.1, -0.05) is 0 Å². The predicted octanol–water partition coefficient (Wildman–Crippen LogP) is 0.252. The molecule has 7 heteroatoms. The second-order valence-electron chi connectivity index (χ2n) is 3.29. The van der Waals surface area contributed by atoms with E-state index in [1.165, 1.54) is 12.3 Å². The first-order chi connectivity index (χ1) is 7.12. The molecule has 1 heterocycles. The Kier molecular flexibility index (Phi) is 2.28. The maximum absolute atomic E-state index is 11.5. The molecule has 0 amide bonds. The van der Waals surface area contributed by atoms with Crippen LogP contribution in [0.4, 0.5) is 5.69 Å². The molecule has 1 aromatic heterocycles. The fourth-order valence-corrected chi connectivity index (χ4v) is 2.47. The van der Waals surface area contributed by atoms with E-state index in [0.29, 0.717) is 12.8 Å². The average Bonchev–Trinajstić information content (AvgIpc) is 3.00. The molecule has 1 N–H and O–H groups in total. The lowest BCUT2D eigenvalue weighted by Crippen LogP contribution is -2.17. The van der Waals surface area contributed by atoms with Gasteiger partial charge < -0.3 is 0 Å². The topological polar surface area (TPSA) is 95.7 Å². The van der Waals surface area contributed by atoms with Gasteiger partial charge in [0.25, 0.3) is 0 Å². The van der Waals surface area contributed by atoms with Crippen molar-refractivity contribution in [1.82, 2.24) is 10.2 Å². The number of anilines is 1. The van der Waals surface area contributed by atoms with E-state index in [1.807, 2.05) is 0 Å². The van der Waals surface area contributed by atoms with E-state index in [4.69, 9.17) is 5.26 Å². The summed E-state index contributed by atoms with van der Waals surface area (Å²) in [7, 11) is -3.29. The van der Waals surface area contributed by atoms with Gasteiger partial charge in [-0.2, -0.15) is 10.4 Å². The number of nitrogens with one attached hydrogen (secondary N) is 1. The van der Waals surface area contributed by atoms with E-state index in [9.17, 15) is 8.42 Å². The summed E-state index contributed by atoms with van der Waals surface area (Å²) in [6.07, 6.45) is 2.67. The highest BCUT2D eigenvalue weighted by molar-refractivity contribution is 7.93. The van der Waals surface area contributed by atoms with Gasteiger partial charge in [0.05, 0.1) is 17.1 Å². The summed E-state index contributed by atoms with van der Waals surface area (Å²) in [6.45, 7) is 0. The Bertz CT molecular complexity index is 516. The molecule has 1 aliphatic carbocycles. The molecule has 1 aliphatic rings. The molecule has 1 fully saturated rings. The number of rotatable bonds is 3. The molecular weight excluding hydrogens is 216 g/mol. The molecule has 2 rings (SSSR count). The Labute approximate surface area is 87.0 Å². The lowest BCUT2D eigenvalue weighted by molar-refractivity contribution is 0.600. The van der Waals surface area contributed by atoms with Crippen molar-refractivity contribution >= 4 is 15.7 Å². The van der Waals surface area contributed by atoms with Gasteiger partial charge in [-0.05, 0) is 12.8 Å². The van der Waals surface area contributed by atoms with Gasteiger partial charge in [-0.15, -0.1) is 5.10 Å². The normalized spacial score (nSPS) is 15.7. The van der Waals surface area contributed by atoms with Gasteiger partial charge in [0.2, 0.25) is 10.0 Å². The number of nitriles is 1. The quantitative estimate of drug-likeness (QED) is 0.794. The predicted molar refractivity (Wildman–Crippen MR) is 52.3 cm³/mol. The maximum atomic E-state index is 11.5. The molecule has 0 aliphatic heterocycles. The fraction of sp³-hybridized carbons (Fsp3) is 0.375. The standard InChI is InChI=1S/C8H8N4O2S/c9-4-6-3-7(5-10-11-6)12-15(13,14)8-1-2-8/h3,5,8H,1-2H2,(H,11,12). The van der Waals surface area contributed by atoms with Crippen LogP contribution in [0.2, 0.25) is 0 Å². The van der Waals surface area contributed by atoms with Gasteiger partial charge in [0.1, 0.15) is 6.07 Å². The van der Waals surface area contributed by atoms with Crippen molar-refractivity contribution in [3.8, 4) is 6.07 Å². The third-order valence-electron chi connectivity index (χ3n) is 1.99. The zero-order chi connectivity index (χ0) is 10.9. The number of hydrogen-bond donors (Lipinski definition) is 1. The lowest BCUT2D eigenvalue weighted by atomic mass is 10.4. The molecule has 15 heavy (non-hydrogen) atoms. The molecule has 78 valence electrons. The summed E-state index contributed by atoms with van der Waals surface area (Å²) < 4.78 is 25.4. The molecule has 0 saturated heterocycles. The van der Waals surface area contributed by atoms with E-state index in [2.05, 4.69) is 14.9 Å². The van der Waals surface area contributed by atoms with E-state index in [1.54, 1.807) is 6.07 Å². The molecule has 0 aromatic carbocycles. The van der Waals surface area contributed by atoms with E-state index < -0.39 is 10.0 Å². The van der Waals surface area contributed by atoms with E-state index >= 15 is 0 Å². The zero-order valence-corrected chi connectivity index (χ0v) is 8.53. The number of hydrogen-bond acceptors (Lipinski definition) is 5. The highest BCUT2D eigenvalue weighted by Gasteiger charge is 2.35. The highest BCUT2D eigenvalue weighted by Crippen LogP contribution is 2.29. The Morgan fingerprint density at radius 2 is 2.27 bits per heavy atom. The van der Waals surface area contributed by atoms with Crippen LogP contribution in [-0.4, -0.2) is 23.9 Å². The summed E-state index contributed by atoms with van der Waals surface area (Å²) >= 11 is 0. The third-order valence-corrected chi connectivity index (χ3v) is 3.86. The molecular formula is C8H8N4O2S. The maximum Gasteiger partial charge on any atom is 0.235 e. The molecule has 0 atom stereocenters. The third kappa shape index (κ3) is 2.22. The second kappa shape index (κ2) is 3.47. The summed E-state index contributed by atoms with van der Waals surface area (Å²) in [5, 5.41) is 15.3. The average molecular weight is 224 g/mol. The smallest absolute Gasteiger partial charge is 0.235 e. The zero-order valence-electron chi connectivity index (χ0n) is 7.71. The molecule has 1 aromatic rings. The minimum atomic E-state index is -3.29. The minimum absolute atomic E-state index is 0.0889. The Morgan fingerprint density at radius 3 is 2.87 bits per heavy atom. The Balaban J connectivity index is 2.21. The lowest BCUT2D eigenvalue weighted by Gasteiger charge is -2.05. The monoisotopic (exact) mass is 224 g/mol. The van der Waals surface area contributed by atoms with Crippen molar-refractivity contribution in [1.29, 1.82) is 5.26 Å². The summed E-state index contributed by atoms with van der Waals surface area (Å²) in [4.78, 5) is 0. The molecule has 0 radical (unpaired) electrons. The fourth-order valence-electron chi connectivity index (χ4n) is 1.10. The summed E-state index contributed by atoms with van der Waals surface area (Å²) in [5.74, 6) is 0. The number of sulfonamides is 1. The largest absolute Gasteiger partial charge is 0.282 e. The van der Waals surface area contributed by atoms with Crippen molar-refractivity contribution < 1.29 is 8.42 Å². The molecule has 0 spiro atoms. The first-order valence-corrected chi connectivity index (χ1v) is 5.91. The SMILES string of the molecule is N#Cc1cc(NS(=O)(=O)C2CC2)cnn1. The van der Waals surface area contributed by atoms with Crippen molar-refractivity contribution in [2.45, 2.75) is 18.1 Å². The van der Waals surface area contributed by atoms with Gasteiger partial charge in [0, 0.05) is 6.07 Å². The van der Waals surface area contributed by atoms with Crippen molar-refractivity contribution in [2.75, 3.05) is 4.72 Å². The number of aromatic nitrogens is 2. The number of nitrogens with zero attached hydrogens (tertiary/aromatic N) is 3. The van der Waals surface area contributed by atoms with Crippen LogP contribution in [0.1, 0.15) is 18.5 Å². The van der Waals surface area contributed by atoms with Crippen LogP contribution in [0.3, 0.4) is 0 Å². The molecule has 0 unspecified atom stereocenters. The van der Waals surface area contributed by atoms with E-state index in [0.717, 1.165) is 0 Å².